The summed E-state index contributed by atoms with van der Waals surface area (Å²) in [6.45, 7) is 0. The van der Waals surface area contributed by atoms with Gasteiger partial charge in [0.2, 0.25) is 0 Å². The predicted molar refractivity (Wildman–Crippen MR) is 128 cm³/mol. The van der Waals surface area contributed by atoms with Crippen molar-refractivity contribution in [2.24, 2.45) is 23.7 Å². The zero-order valence-electron chi connectivity index (χ0n) is 19.5. The number of hydrogen-bond donors (Lipinski definition) is 0. The van der Waals surface area contributed by atoms with Crippen molar-refractivity contribution in [2.45, 2.75) is 89.9 Å². The standard InChI is InChI=1S/C29H39F2N/c30-28-20-15-25(22-29(28)31)10-6-5-9-24-13-18-27(19-14-24)26-16-11-23(12-17-26)8-4-2-1-3-7-21-32/h1-3,7,15,20,22-24,26-27H,4-6,8-14,16-19H2/t23-,24-,26-,27-. The molecule has 0 bridgehead atoms. The normalized spacial score (nSPS) is 26.5. The van der Waals surface area contributed by atoms with Crippen molar-refractivity contribution in [1.82, 2.24) is 0 Å². The highest BCUT2D eigenvalue weighted by molar-refractivity contribution is 5.17. The number of nitrogens with zero attached hydrogens (tertiary/aromatic N) is 1. The summed E-state index contributed by atoms with van der Waals surface area (Å²) in [6.07, 6.45) is 25.6. The molecule has 0 atom stereocenters. The number of nitriles is 1. The third-order valence-corrected chi connectivity index (χ3v) is 7.92. The number of halogens is 2. The van der Waals surface area contributed by atoms with Crippen LogP contribution >= 0.6 is 0 Å². The number of unbranched alkanes of at least 4 members (excludes halogenated alkanes) is 1. The van der Waals surface area contributed by atoms with Crippen LogP contribution in [0.3, 0.4) is 0 Å². The summed E-state index contributed by atoms with van der Waals surface area (Å²) in [5.74, 6) is 2.18. The molecule has 0 saturated heterocycles. The Labute approximate surface area is 193 Å². The van der Waals surface area contributed by atoms with E-state index in [1.54, 1.807) is 6.07 Å². The monoisotopic (exact) mass is 439 g/mol. The largest absolute Gasteiger partial charge is 0.204 e. The summed E-state index contributed by atoms with van der Waals surface area (Å²) < 4.78 is 26.3. The molecule has 0 unspecified atom stereocenters. The third kappa shape index (κ3) is 8.19. The molecule has 0 heterocycles. The number of rotatable bonds is 10. The molecule has 3 rings (SSSR count). The van der Waals surface area contributed by atoms with Gasteiger partial charge in [-0.2, -0.15) is 5.26 Å². The number of aryl methyl sites for hydroxylation is 1. The Bertz CT molecular complexity index is 775. The van der Waals surface area contributed by atoms with E-state index in [4.69, 9.17) is 5.26 Å². The molecule has 2 fully saturated rings. The summed E-state index contributed by atoms with van der Waals surface area (Å²) in [7, 11) is 0. The SMILES string of the molecule is N#CC=CC=CCC[C@H]1CC[C@H]([C@H]2CC[C@H](CCCCc3ccc(F)c(F)c3)CC2)CC1. The van der Waals surface area contributed by atoms with Crippen molar-refractivity contribution >= 4 is 0 Å². The molecule has 1 aromatic carbocycles. The van der Waals surface area contributed by atoms with Crippen LogP contribution < -0.4 is 0 Å². The van der Waals surface area contributed by atoms with Crippen LogP contribution in [0.25, 0.3) is 0 Å². The molecule has 2 aliphatic carbocycles. The van der Waals surface area contributed by atoms with E-state index >= 15 is 0 Å². The van der Waals surface area contributed by atoms with Crippen LogP contribution in [0.1, 0.15) is 89.0 Å². The summed E-state index contributed by atoms with van der Waals surface area (Å²) in [5.41, 5.74) is 0.912. The Morgan fingerprint density at radius 2 is 1.47 bits per heavy atom. The smallest absolute Gasteiger partial charge is 0.159 e. The molecule has 2 saturated carbocycles. The Hall–Kier alpha value is -1.95. The fraction of sp³-hybridized carbons (Fsp3) is 0.621. The quantitative estimate of drug-likeness (QED) is 0.203. The van der Waals surface area contributed by atoms with Gasteiger partial charge in [-0.05, 0) is 92.7 Å². The molecule has 0 aliphatic heterocycles. The van der Waals surface area contributed by atoms with E-state index in [0.717, 1.165) is 48.5 Å². The fourth-order valence-electron chi connectivity index (χ4n) is 5.96. The van der Waals surface area contributed by atoms with Crippen LogP contribution in [-0.2, 0) is 6.42 Å². The molecule has 0 N–H and O–H groups in total. The maximum atomic E-state index is 13.3. The minimum atomic E-state index is -0.753. The van der Waals surface area contributed by atoms with Crippen molar-refractivity contribution in [3.05, 3.63) is 59.7 Å². The Kier molecular flexibility index (Phi) is 10.5. The molecule has 0 radical (unpaired) electrons. The first kappa shape index (κ1) is 24.7. The van der Waals surface area contributed by atoms with E-state index in [-0.39, 0.29) is 0 Å². The van der Waals surface area contributed by atoms with Gasteiger partial charge in [0.1, 0.15) is 0 Å². The summed E-state index contributed by atoms with van der Waals surface area (Å²) in [4.78, 5) is 0. The van der Waals surface area contributed by atoms with Crippen LogP contribution in [0.2, 0.25) is 0 Å². The first-order chi connectivity index (χ1) is 15.7. The van der Waals surface area contributed by atoms with Gasteiger partial charge in [0.15, 0.2) is 11.6 Å². The van der Waals surface area contributed by atoms with E-state index in [1.165, 1.54) is 88.8 Å². The summed E-state index contributed by atoms with van der Waals surface area (Å²) in [5, 5.41) is 8.49. The summed E-state index contributed by atoms with van der Waals surface area (Å²) >= 11 is 0. The van der Waals surface area contributed by atoms with Crippen molar-refractivity contribution < 1.29 is 8.78 Å². The first-order valence-electron chi connectivity index (χ1n) is 12.8. The van der Waals surface area contributed by atoms with Gasteiger partial charge in [-0.25, -0.2) is 8.78 Å². The van der Waals surface area contributed by atoms with Crippen molar-refractivity contribution in [1.29, 1.82) is 5.26 Å². The molecule has 2 aliphatic rings. The van der Waals surface area contributed by atoms with Crippen molar-refractivity contribution in [3.63, 3.8) is 0 Å². The molecule has 1 aromatic rings. The minimum Gasteiger partial charge on any atom is -0.204 e. The molecule has 0 spiro atoms. The zero-order chi connectivity index (χ0) is 22.6. The Morgan fingerprint density at radius 1 is 0.812 bits per heavy atom. The van der Waals surface area contributed by atoms with Crippen LogP contribution in [0.4, 0.5) is 8.78 Å². The predicted octanol–water partition coefficient (Wildman–Crippen LogP) is 8.71. The van der Waals surface area contributed by atoms with Gasteiger partial charge in [0, 0.05) is 6.08 Å². The lowest BCUT2D eigenvalue weighted by Crippen LogP contribution is -2.25. The average molecular weight is 440 g/mol. The van der Waals surface area contributed by atoms with Gasteiger partial charge >= 0.3 is 0 Å². The lowest BCUT2D eigenvalue weighted by molar-refractivity contribution is 0.140. The van der Waals surface area contributed by atoms with Gasteiger partial charge < -0.3 is 0 Å². The van der Waals surface area contributed by atoms with E-state index in [0.29, 0.717) is 0 Å². The Morgan fingerprint density at radius 3 is 2.09 bits per heavy atom. The molecule has 0 amide bonds. The third-order valence-electron chi connectivity index (χ3n) is 7.92. The highest BCUT2D eigenvalue weighted by Gasteiger charge is 2.30. The average Bonchev–Trinajstić information content (AvgIpc) is 2.82. The second kappa shape index (κ2) is 13.6. The maximum Gasteiger partial charge on any atom is 0.159 e. The first-order valence-corrected chi connectivity index (χ1v) is 12.8. The molecule has 1 nitrogen and oxygen atoms in total. The van der Waals surface area contributed by atoms with Crippen molar-refractivity contribution in [3.8, 4) is 6.07 Å². The molecule has 174 valence electrons. The molecule has 32 heavy (non-hydrogen) atoms. The maximum absolute atomic E-state index is 13.3. The van der Waals surface area contributed by atoms with E-state index in [2.05, 4.69) is 6.08 Å². The number of hydrogen-bond acceptors (Lipinski definition) is 1. The molecular formula is C29H39F2N. The van der Waals surface area contributed by atoms with Crippen LogP contribution in [0, 0.1) is 46.6 Å². The number of benzene rings is 1. The molecular weight excluding hydrogens is 400 g/mol. The van der Waals surface area contributed by atoms with Crippen LogP contribution in [0.15, 0.2) is 42.5 Å². The lowest BCUT2D eigenvalue weighted by atomic mass is 9.68. The van der Waals surface area contributed by atoms with Gasteiger partial charge in [-0.3, -0.25) is 0 Å². The number of allylic oxidation sites excluding steroid dienone is 4. The molecule has 3 heteroatoms. The van der Waals surface area contributed by atoms with Crippen LogP contribution in [-0.4, -0.2) is 0 Å². The van der Waals surface area contributed by atoms with Crippen molar-refractivity contribution in [2.75, 3.05) is 0 Å². The van der Waals surface area contributed by atoms with E-state index in [1.807, 2.05) is 18.2 Å². The Balaban J connectivity index is 1.25. The lowest BCUT2D eigenvalue weighted by Gasteiger charge is -2.38. The van der Waals surface area contributed by atoms with Gasteiger partial charge in [0.25, 0.3) is 0 Å². The van der Waals surface area contributed by atoms with Crippen LogP contribution in [0.5, 0.6) is 0 Å². The van der Waals surface area contributed by atoms with Gasteiger partial charge in [0.05, 0.1) is 6.07 Å². The van der Waals surface area contributed by atoms with Gasteiger partial charge in [-0.15, -0.1) is 0 Å². The highest BCUT2D eigenvalue weighted by atomic mass is 19.2. The van der Waals surface area contributed by atoms with Gasteiger partial charge in [-0.1, -0.05) is 62.8 Å². The minimum absolute atomic E-state index is 0.726. The second-order valence-corrected chi connectivity index (χ2v) is 10.0. The highest BCUT2D eigenvalue weighted by Crippen LogP contribution is 2.43. The topological polar surface area (TPSA) is 23.8 Å². The zero-order valence-corrected chi connectivity index (χ0v) is 19.5. The fourth-order valence-corrected chi connectivity index (χ4v) is 5.96. The second-order valence-electron chi connectivity index (χ2n) is 10.0. The summed E-state index contributed by atoms with van der Waals surface area (Å²) in [6, 6.07) is 6.32. The molecule has 0 aromatic heterocycles. The van der Waals surface area contributed by atoms with E-state index < -0.39 is 11.6 Å². The van der Waals surface area contributed by atoms with E-state index in [9.17, 15) is 8.78 Å².